The maximum Gasteiger partial charge on any atom is 0.221 e. The monoisotopic (exact) mass is 398 g/mol. The molecule has 0 unspecified atom stereocenters. The van der Waals surface area contributed by atoms with E-state index in [0.29, 0.717) is 11.4 Å². The third-order valence-corrected chi connectivity index (χ3v) is 3.62. The molecular formula is C18H24Cl2N4O2. The van der Waals surface area contributed by atoms with E-state index in [1.54, 1.807) is 24.3 Å². The first-order valence-corrected chi connectivity index (χ1v) is 7.63. The van der Waals surface area contributed by atoms with E-state index in [0.717, 1.165) is 11.1 Å². The molecule has 0 saturated heterocycles. The molecule has 142 valence electrons. The number of nitrogens with one attached hydrogen (secondary N) is 2. The fraction of sp³-hybridized carbons (Fsp3) is 0.222. The molecule has 6 nitrogen and oxygen atoms in total. The number of carbonyl (C=O) groups excluding carboxylic acids is 2. The topological polar surface area (TPSA) is 110 Å². The fourth-order valence-electron chi connectivity index (χ4n) is 2.40. The van der Waals surface area contributed by atoms with Crippen molar-refractivity contribution in [2.24, 2.45) is 11.5 Å². The van der Waals surface area contributed by atoms with Gasteiger partial charge < -0.3 is 22.1 Å². The second-order valence-electron chi connectivity index (χ2n) is 5.66. The third kappa shape index (κ3) is 6.65. The molecule has 0 fully saturated rings. The van der Waals surface area contributed by atoms with E-state index in [1.165, 1.54) is 13.8 Å². The van der Waals surface area contributed by atoms with Gasteiger partial charge >= 0.3 is 0 Å². The number of hydrogen-bond donors (Lipinski definition) is 4. The molecule has 0 bridgehead atoms. The van der Waals surface area contributed by atoms with Crippen LogP contribution in [0.3, 0.4) is 0 Å². The highest BCUT2D eigenvalue weighted by atomic mass is 35.5. The molecule has 2 atom stereocenters. The Hall–Kier alpha value is -2.12. The van der Waals surface area contributed by atoms with Crippen LogP contribution in [0.2, 0.25) is 0 Å². The van der Waals surface area contributed by atoms with Gasteiger partial charge in [-0.05, 0) is 35.4 Å². The summed E-state index contributed by atoms with van der Waals surface area (Å²) in [6.07, 6.45) is 0. The largest absolute Gasteiger partial charge is 0.326 e. The second-order valence-corrected chi connectivity index (χ2v) is 5.66. The van der Waals surface area contributed by atoms with Gasteiger partial charge in [0.05, 0.1) is 0 Å². The molecule has 0 aliphatic heterocycles. The van der Waals surface area contributed by atoms with Crippen molar-refractivity contribution in [2.75, 3.05) is 10.6 Å². The van der Waals surface area contributed by atoms with Crippen LogP contribution in [0.5, 0.6) is 0 Å². The van der Waals surface area contributed by atoms with E-state index < -0.39 is 0 Å². The molecular weight excluding hydrogens is 375 g/mol. The van der Waals surface area contributed by atoms with Gasteiger partial charge in [0.15, 0.2) is 0 Å². The summed E-state index contributed by atoms with van der Waals surface area (Å²) in [7, 11) is 0. The summed E-state index contributed by atoms with van der Waals surface area (Å²) in [5.41, 5.74) is 15.7. The number of anilines is 2. The van der Waals surface area contributed by atoms with Crippen molar-refractivity contribution in [3.63, 3.8) is 0 Å². The number of benzene rings is 2. The Bertz CT molecular complexity index is 657. The van der Waals surface area contributed by atoms with Crippen LogP contribution in [0, 0.1) is 0 Å². The van der Waals surface area contributed by atoms with Gasteiger partial charge in [-0.1, -0.05) is 24.3 Å². The summed E-state index contributed by atoms with van der Waals surface area (Å²) in [6.45, 7) is 2.92. The Balaban J connectivity index is 0.00000312. The van der Waals surface area contributed by atoms with Crippen LogP contribution in [0.1, 0.15) is 37.1 Å². The number of carbonyl (C=O) groups is 2. The minimum absolute atomic E-state index is 0. The maximum atomic E-state index is 11.0. The molecule has 8 heteroatoms. The van der Waals surface area contributed by atoms with Gasteiger partial charge in [0, 0.05) is 37.3 Å². The molecule has 0 aliphatic carbocycles. The summed E-state index contributed by atoms with van der Waals surface area (Å²) < 4.78 is 0. The minimum atomic E-state index is -0.386. The zero-order valence-corrected chi connectivity index (χ0v) is 16.2. The summed E-state index contributed by atoms with van der Waals surface area (Å²) in [5, 5.41) is 5.42. The lowest BCUT2D eigenvalue weighted by atomic mass is 9.94. The van der Waals surface area contributed by atoms with E-state index in [-0.39, 0.29) is 48.7 Å². The molecule has 6 N–H and O–H groups in total. The van der Waals surface area contributed by atoms with Crippen molar-refractivity contribution in [3.05, 3.63) is 59.7 Å². The second kappa shape index (κ2) is 10.8. The molecule has 2 rings (SSSR count). The van der Waals surface area contributed by atoms with E-state index >= 15 is 0 Å². The van der Waals surface area contributed by atoms with Crippen LogP contribution in [0.4, 0.5) is 11.4 Å². The van der Waals surface area contributed by atoms with Crippen LogP contribution < -0.4 is 22.1 Å². The van der Waals surface area contributed by atoms with Crippen molar-refractivity contribution < 1.29 is 9.59 Å². The smallest absolute Gasteiger partial charge is 0.221 e. The summed E-state index contributed by atoms with van der Waals surface area (Å²) in [5.74, 6) is -0.244. The molecule has 26 heavy (non-hydrogen) atoms. The minimum Gasteiger partial charge on any atom is -0.326 e. The number of nitrogens with two attached hydrogens (primary N) is 2. The highest BCUT2D eigenvalue weighted by molar-refractivity contribution is 5.89. The lowest BCUT2D eigenvalue weighted by molar-refractivity contribution is -0.115. The zero-order chi connectivity index (χ0) is 17.7. The molecule has 0 heterocycles. The molecule has 2 aromatic carbocycles. The molecule has 2 amide bonds. The Morgan fingerprint density at radius 3 is 1.19 bits per heavy atom. The Morgan fingerprint density at radius 2 is 0.962 bits per heavy atom. The van der Waals surface area contributed by atoms with Gasteiger partial charge in [0.25, 0.3) is 0 Å². The van der Waals surface area contributed by atoms with E-state index in [2.05, 4.69) is 10.6 Å². The van der Waals surface area contributed by atoms with Crippen molar-refractivity contribution in [2.45, 2.75) is 25.9 Å². The Morgan fingerprint density at radius 1 is 0.692 bits per heavy atom. The van der Waals surface area contributed by atoms with Crippen molar-refractivity contribution in [3.8, 4) is 0 Å². The van der Waals surface area contributed by atoms with Gasteiger partial charge in [0.2, 0.25) is 11.8 Å². The Kier molecular flexibility index (Phi) is 9.90. The lowest BCUT2D eigenvalue weighted by Crippen LogP contribution is -2.26. The zero-order valence-electron chi connectivity index (χ0n) is 14.6. The number of rotatable bonds is 5. The molecule has 0 aromatic heterocycles. The standard InChI is InChI=1S/C18H22N4O2.2ClH/c1-11(23)21-15-7-3-13(4-8-15)17(19)18(20)14-5-9-16(10-6-14)22-12(2)24;;/h3-10,17-18H,19-20H2,1-2H3,(H,21,23)(H,22,24);2*1H/t17-,18-;;/m1../s1. The predicted octanol–water partition coefficient (Wildman–Crippen LogP) is 3.15. The van der Waals surface area contributed by atoms with E-state index in [1.807, 2.05) is 24.3 Å². The molecule has 0 saturated carbocycles. The van der Waals surface area contributed by atoms with Gasteiger partial charge in [-0.25, -0.2) is 0 Å². The maximum absolute atomic E-state index is 11.0. The van der Waals surface area contributed by atoms with Crippen LogP contribution in [-0.4, -0.2) is 11.8 Å². The van der Waals surface area contributed by atoms with Crippen LogP contribution in [0.15, 0.2) is 48.5 Å². The average Bonchev–Trinajstić information content (AvgIpc) is 2.54. The number of hydrogen-bond acceptors (Lipinski definition) is 4. The normalized spacial score (nSPS) is 12.0. The average molecular weight is 399 g/mol. The fourth-order valence-corrected chi connectivity index (χ4v) is 2.40. The predicted molar refractivity (Wildman–Crippen MR) is 110 cm³/mol. The van der Waals surface area contributed by atoms with Crippen LogP contribution in [-0.2, 0) is 9.59 Å². The van der Waals surface area contributed by atoms with Gasteiger partial charge in [-0.2, -0.15) is 0 Å². The number of amides is 2. The van der Waals surface area contributed by atoms with Gasteiger partial charge in [-0.15, -0.1) is 24.8 Å². The van der Waals surface area contributed by atoms with Crippen molar-refractivity contribution in [1.29, 1.82) is 0 Å². The summed E-state index contributed by atoms with van der Waals surface area (Å²) >= 11 is 0. The van der Waals surface area contributed by atoms with Gasteiger partial charge in [-0.3, -0.25) is 9.59 Å². The van der Waals surface area contributed by atoms with Crippen molar-refractivity contribution >= 4 is 48.0 Å². The van der Waals surface area contributed by atoms with Crippen molar-refractivity contribution in [1.82, 2.24) is 0 Å². The molecule has 0 aliphatic rings. The quantitative estimate of drug-likeness (QED) is 0.619. The van der Waals surface area contributed by atoms with E-state index in [4.69, 9.17) is 11.5 Å². The van der Waals surface area contributed by atoms with E-state index in [9.17, 15) is 9.59 Å². The molecule has 0 radical (unpaired) electrons. The lowest BCUT2D eigenvalue weighted by Gasteiger charge is -2.21. The summed E-state index contributed by atoms with van der Waals surface area (Å²) in [4.78, 5) is 22.1. The highest BCUT2D eigenvalue weighted by Crippen LogP contribution is 2.26. The highest BCUT2D eigenvalue weighted by Gasteiger charge is 2.17. The Labute approximate surface area is 165 Å². The molecule has 0 spiro atoms. The van der Waals surface area contributed by atoms with Crippen LogP contribution in [0.25, 0.3) is 0 Å². The summed E-state index contributed by atoms with van der Waals surface area (Å²) in [6, 6.07) is 13.8. The van der Waals surface area contributed by atoms with Gasteiger partial charge in [0.1, 0.15) is 0 Å². The molecule has 2 aromatic rings. The third-order valence-electron chi connectivity index (χ3n) is 3.62. The van der Waals surface area contributed by atoms with Crippen LogP contribution >= 0.6 is 24.8 Å². The SMILES string of the molecule is CC(=O)Nc1ccc([C@@H](N)[C@H](N)c2ccc(NC(C)=O)cc2)cc1.Cl.Cl. The first kappa shape index (κ1) is 23.9. The number of halogens is 2. The first-order chi connectivity index (χ1) is 11.4. The first-order valence-electron chi connectivity index (χ1n) is 7.63.